The largest absolute Gasteiger partial charge is 0.354 e. The molecule has 0 aromatic carbocycles. The van der Waals surface area contributed by atoms with E-state index in [0.717, 1.165) is 0 Å². The molecule has 0 N–H and O–H groups in total. The summed E-state index contributed by atoms with van der Waals surface area (Å²) < 4.78 is 22.4. The number of carbonyl (C=O) groups excluding carboxylic acids is 2. The first-order valence-electron chi connectivity index (χ1n) is 8.85. The fourth-order valence-corrected chi connectivity index (χ4v) is 3.68. The maximum atomic E-state index is 13.1. The van der Waals surface area contributed by atoms with Gasteiger partial charge in [0.15, 0.2) is 6.29 Å². The highest BCUT2D eigenvalue weighted by atomic mass is 16.7. The fraction of sp³-hybridized carbons (Fsp3) is 0.882. The van der Waals surface area contributed by atoms with E-state index < -0.39 is 23.7 Å². The second-order valence-electron chi connectivity index (χ2n) is 7.55. The number of rotatable bonds is 4. The third-order valence-corrected chi connectivity index (χ3v) is 5.10. The van der Waals surface area contributed by atoms with Crippen LogP contribution in [0.5, 0.6) is 0 Å². The smallest absolute Gasteiger partial charge is 0.233 e. The van der Waals surface area contributed by atoms with Gasteiger partial charge >= 0.3 is 0 Å². The van der Waals surface area contributed by atoms with Gasteiger partial charge < -0.3 is 28.7 Å². The van der Waals surface area contributed by atoms with Gasteiger partial charge in [0, 0.05) is 19.5 Å². The SMILES string of the molecule is CC1(C)OCCN1C(=O)C[C@@H](C(=O)N1CCOC1(C)C)C1OCCO1. The molecular weight excluding hydrogens is 328 g/mol. The molecule has 142 valence electrons. The summed E-state index contributed by atoms with van der Waals surface area (Å²) in [5.74, 6) is -0.981. The van der Waals surface area contributed by atoms with Gasteiger partial charge in [-0.2, -0.15) is 0 Å². The van der Waals surface area contributed by atoms with Crippen molar-refractivity contribution >= 4 is 11.8 Å². The zero-order valence-corrected chi connectivity index (χ0v) is 15.4. The van der Waals surface area contributed by atoms with E-state index in [4.69, 9.17) is 18.9 Å². The van der Waals surface area contributed by atoms with Crippen LogP contribution in [0.3, 0.4) is 0 Å². The van der Waals surface area contributed by atoms with E-state index in [-0.39, 0.29) is 18.2 Å². The Bertz CT molecular complexity index is 529. The molecule has 3 fully saturated rings. The van der Waals surface area contributed by atoms with Crippen LogP contribution >= 0.6 is 0 Å². The van der Waals surface area contributed by atoms with Gasteiger partial charge in [0.2, 0.25) is 11.8 Å². The first-order chi connectivity index (χ1) is 11.7. The Balaban J connectivity index is 1.76. The van der Waals surface area contributed by atoms with Crippen LogP contribution in [-0.2, 0) is 28.5 Å². The first-order valence-corrected chi connectivity index (χ1v) is 8.85. The molecule has 0 aromatic rings. The molecule has 0 bridgehead atoms. The van der Waals surface area contributed by atoms with Crippen LogP contribution in [-0.4, -0.2) is 78.9 Å². The summed E-state index contributed by atoms with van der Waals surface area (Å²) in [5.41, 5.74) is -1.34. The number of carbonyl (C=O) groups is 2. The molecule has 0 unspecified atom stereocenters. The summed E-state index contributed by atoms with van der Waals surface area (Å²) in [6.07, 6.45) is -0.664. The summed E-state index contributed by atoms with van der Waals surface area (Å²) >= 11 is 0. The molecule has 0 radical (unpaired) electrons. The van der Waals surface area contributed by atoms with Gasteiger partial charge in [0.05, 0.1) is 32.3 Å². The minimum absolute atomic E-state index is 0.0306. The van der Waals surface area contributed by atoms with Gasteiger partial charge in [-0.15, -0.1) is 0 Å². The summed E-state index contributed by atoms with van der Waals surface area (Å²) in [4.78, 5) is 29.3. The van der Waals surface area contributed by atoms with Gasteiger partial charge in [-0.3, -0.25) is 9.59 Å². The minimum atomic E-state index is -0.695. The summed E-state index contributed by atoms with van der Waals surface area (Å²) in [6, 6.07) is 0. The van der Waals surface area contributed by atoms with Crippen LogP contribution in [0.25, 0.3) is 0 Å². The molecular formula is C17H28N2O6. The van der Waals surface area contributed by atoms with Crippen LogP contribution in [0.2, 0.25) is 0 Å². The molecule has 3 aliphatic heterocycles. The average molecular weight is 356 g/mol. The topological polar surface area (TPSA) is 77.5 Å². The van der Waals surface area contributed by atoms with Crippen molar-refractivity contribution in [2.45, 2.75) is 51.9 Å². The molecule has 0 saturated carbocycles. The molecule has 3 heterocycles. The number of hydrogen-bond acceptors (Lipinski definition) is 6. The van der Waals surface area contributed by atoms with E-state index in [1.807, 2.05) is 27.7 Å². The average Bonchev–Trinajstić information content (AvgIpc) is 3.23. The fourth-order valence-electron chi connectivity index (χ4n) is 3.68. The third-order valence-electron chi connectivity index (χ3n) is 5.10. The second kappa shape index (κ2) is 6.83. The molecule has 3 aliphatic rings. The maximum Gasteiger partial charge on any atom is 0.233 e. The summed E-state index contributed by atoms with van der Waals surface area (Å²) in [6.45, 7) is 10.3. The lowest BCUT2D eigenvalue weighted by atomic mass is 10.00. The highest BCUT2D eigenvalue weighted by molar-refractivity contribution is 5.87. The van der Waals surface area contributed by atoms with Gasteiger partial charge in [0.25, 0.3) is 0 Å². The lowest BCUT2D eigenvalue weighted by Crippen LogP contribution is -2.51. The molecule has 0 aliphatic carbocycles. The Morgan fingerprint density at radius 3 is 1.92 bits per heavy atom. The van der Waals surface area contributed by atoms with Gasteiger partial charge in [-0.1, -0.05) is 0 Å². The normalized spacial score (nSPS) is 27.0. The molecule has 1 atom stereocenters. The predicted molar refractivity (Wildman–Crippen MR) is 87.3 cm³/mol. The van der Waals surface area contributed by atoms with E-state index in [9.17, 15) is 9.59 Å². The Labute approximate surface area is 148 Å². The Hall–Kier alpha value is -1.22. The van der Waals surface area contributed by atoms with Gasteiger partial charge in [0.1, 0.15) is 11.4 Å². The summed E-state index contributed by atoms with van der Waals surface area (Å²) in [7, 11) is 0. The maximum absolute atomic E-state index is 13.1. The monoisotopic (exact) mass is 356 g/mol. The number of ether oxygens (including phenoxy) is 4. The second-order valence-corrected chi connectivity index (χ2v) is 7.55. The van der Waals surface area contributed by atoms with E-state index in [1.54, 1.807) is 9.80 Å². The molecule has 8 heteroatoms. The lowest BCUT2D eigenvalue weighted by Gasteiger charge is -2.35. The highest BCUT2D eigenvalue weighted by Gasteiger charge is 2.46. The quantitative estimate of drug-likeness (QED) is 0.732. The van der Waals surface area contributed by atoms with E-state index in [0.29, 0.717) is 39.5 Å². The van der Waals surface area contributed by atoms with E-state index in [2.05, 4.69) is 0 Å². The Kier molecular flexibility index (Phi) is 5.07. The Morgan fingerprint density at radius 1 is 0.920 bits per heavy atom. The standard InChI is InChI=1S/C17H28N2O6/c1-16(2)18(5-7-24-16)13(20)11-12(15-22-9-10-23-15)14(21)19-6-8-25-17(19,3)4/h12,15H,5-11H2,1-4H3/t12-/m0/s1. The Morgan fingerprint density at radius 2 is 1.44 bits per heavy atom. The van der Waals surface area contributed by atoms with Gasteiger partial charge in [-0.05, 0) is 27.7 Å². The van der Waals surface area contributed by atoms with Crippen molar-refractivity contribution in [3.05, 3.63) is 0 Å². The predicted octanol–water partition coefficient (Wildman–Crippen LogP) is 0.555. The van der Waals surface area contributed by atoms with Crippen molar-refractivity contribution in [3.8, 4) is 0 Å². The highest BCUT2D eigenvalue weighted by Crippen LogP contribution is 2.30. The molecule has 2 amide bonds. The zero-order chi connectivity index (χ0) is 18.2. The van der Waals surface area contributed by atoms with E-state index in [1.165, 1.54) is 0 Å². The van der Waals surface area contributed by atoms with Crippen LogP contribution in [0.15, 0.2) is 0 Å². The van der Waals surface area contributed by atoms with Crippen molar-refractivity contribution in [3.63, 3.8) is 0 Å². The third kappa shape index (κ3) is 3.67. The molecule has 0 spiro atoms. The minimum Gasteiger partial charge on any atom is -0.354 e. The molecule has 25 heavy (non-hydrogen) atoms. The summed E-state index contributed by atoms with van der Waals surface area (Å²) in [5, 5.41) is 0. The number of nitrogens with zero attached hydrogens (tertiary/aromatic N) is 2. The van der Waals surface area contributed by atoms with Crippen LogP contribution in [0, 0.1) is 5.92 Å². The molecule has 8 nitrogen and oxygen atoms in total. The number of amides is 2. The molecule has 0 aromatic heterocycles. The van der Waals surface area contributed by atoms with Crippen LogP contribution < -0.4 is 0 Å². The van der Waals surface area contributed by atoms with Crippen molar-refractivity contribution < 1.29 is 28.5 Å². The van der Waals surface area contributed by atoms with Crippen molar-refractivity contribution in [2.24, 2.45) is 5.92 Å². The lowest BCUT2D eigenvalue weighted by molar-refractivity contribution is -0.169. The van der Waals surface area contributed by atoms with Gasteiger partial charge in [-0.25, -0.2) is 0 Å². The molecule has 3 saturated heterocycles. The van der Waals surface area contributed by atoms with Crippen molar-refractivity contribution in [2.75, 3.05) is 39.5 Å². The van der Waals surface area contributed by atoms with E-state index >= 15 is 0 Å². The first kappa shape index (κ1) is 18.6. The van der Waals surface area contributed by atoms with Crippen LogP contribution in [0.1, 0.15) is 34.1 Å². The van der Waals surface area contributed by atoms with Crippen molar-refractivity contribution in [1.82, 2.24) is 9.80 Å². The molecule has 3 rings (SSSR count). The van der Waals surface area contributed by atoms with Crippen LogP contribution in [0.4, 0.5) is 0 Å². The number of hydrogen-bond donors (Lipinski definition) is 0. The zero-order valence-electron chi connectivity index (χ0n) is 15.4. The van der Waals surface area contributed by atoms with Crippen molar-refractivity contribution in [1.29, 1.82) is 0 Å².